The van der Waals surface area contributed by atoms with Crippen molar-refractivity contribution in [2.75, 3.05) is 0 Å². The fourth-order valence-corrected chi connectivity index (χ4v) is 1.93. The summed E-state index contributed by atoms with van der Waals surface area (Å²) in [6.07, 6.45) is 6.75. The van der Waals surface area contributed by atoms with Crippen LogP contribution in [0.1, 0.15) is 12.7 Å². The van der Waals surface area contributed by atoms with Gasteiger partial charge in [-0.2, -0.15) is 9.78 Å². The van der Waals surface area contributed by atoms with Gasteiger partial charge in [0.2, 0.25) is 10.6 Å². The molecule has 6 nitrogen and oxygen atoms in total. The van der Waals surface area contributed by atoms with Gasteiger partial charge < -0.3 is 8.83 Å². The Morgan fingerprint density at radius 2 is 2.14 bits per heavy atom. The molecule has 3 aromatic heterocycles. The highest BCUT2D eigenvalue weighted by Gasteiger charge is 2.10. The summed E-state index contributed by atoms with van der Waals surface area (Å²) in [4.78, 5) is 0. The van der Waals surface area contributed by atoms with Crippen molar-refractivity contribution in [3.8, 4) is 11.6 Å². The predicted octanol–water partition coefficient (Wildman–Crippen LogP) is 3.73. The Bertz CT molecular complexity index is 823. The number of nitrogens with one attached hydrogen (secondary N) is 1. The topological polar surface area (TPSA) is 72.2 Å². The van der Waals surface area contributed by atoms with E-state index >= 15 is 0 Å². The zero-order valence-electron chi connectivity index (χ0n) is 11.2. The second-order valence-corrected chi connectivity index (χ2v) is 4.68. The van der Waals surface area contributed by atoms with Gasteiger partial charge in [0.05, 0.1) is 18.7 Å². The number of hydrogen-bond donors (Lipinski definition) is 1. The number of furan rings is 2. The van der Waals surface area contributed by atoms with Crippen molar-refractivity contribution in [2.45, 2.75) is 6.92 Å². The number of nitrogens with zero attached hydrogens (tertiary/aromatic N) is 3. The lowest BCUT2D eigenvalue weighted by Crippen LogP contribution is -1.93. The smallest absolute Gasteiger partial charge is 0.219 e. The second kappa shape index (κ2) is 5.76. The Morgan fingerprint density at radius 1 is 1.33 bits per heavy atom. The lowest BCUT2D eigenvalue weighted by molar-refractivity contribution is 0.557. The zero-order valence-corrected chi connectivity index (χ0v) is 12.0. The highest BCUT2D eigenvalue weighted by molar-refractivity contribution is 7.71. The fraction of sp³-hybridized carbons (Fsp3) is 0.0714. The fourth-order valence-electron chi connectivity index (χ4n) is 1.75. The van der Waals surface area contributed by atoms with Crippen molar-refractivity contribution in [1.82, 2.24) is 14.9 Å². The first-order valence-electron chi connectivity index (χ1n) is 6.21. The molecule has 0 aliphatic heterocycles. The van der Waals surface area contributed by atoms with E-state index in [-0.39, 0.29) is 0 Å². The minimum Gasteiger partial charge on any atom is -0.465 e. The van der Waals surface area contributed by atoms with Gasteiger partial charge in [0, 0.05) is 0 Å². The maximum atomic E-state index is 5.31. The second-order valence-electron chi connectivity index (χ2n) is 4.29. The lowest BCUT2D eigenvalue weighted by Gasteiger charge is -1.97. The van der Waals surface area contributed by atoms with Crippen molar-refractivity contribution in [3.05, 3.63) is 52.9 Å². The molecule has 0 aliphatic rings. The molecule has 0 atom stereocenters. The van der Waals surface area contributed by atoms with Crippen molar-refractivity contribution >= 4 is 24.5 Å². The van der Waals surface area contributed by atoms with Crippen molar-refractivity contribution in [3.63, 3.8) is 0 Å². The van der Waals surface area contributed by atoms with Crippen molar-refractivity contribution < 1.29 is 8.83 Å². The van der Waals surface area contributed by atoms with Gasteiger partial charge in [-0.05, 0) is 55.1 Å². The van der Waals surface area contributed by atoms with Crippen LogP contribution in [0, 0.1) is 4.77 Å². The lowest BCUT2D eigenvalue weighted by atomic mass is 10.3. The third-order valence-electron chi connectivity index (χ3n) is 2.68. The van der Waals surface area contributed by atoms with Crippen LogP contribution in [0.2, 0.25) is 0 Å². The van der Waals surface area contributed by atoms with Crippen LogP contribution in [0.25, 0.3) is 17.7 Å². The van der Waals surface area contributed by atoms with E-state index in [0.29, 0.717) is 16.4 Å². The highest BCUT2D eigenvalue weighted by atomic mass is 32.1. The molecule has 106 valence electrons. The molecule has 21 heavy (non-hydrogen) atoms. The molecule has 0 fully saturated rings. The van der Waals surface area contributed by atoms with Gasteiger partial charge >= 0.3 is 0 Å². The maximum absolute atomic E-state index is 5.31. The Morgan fingerprint density at radius 3 is 2.86 bits per heavy atom. The van der Waals surface area contributed by atoms with Gasteiger partial charge in [0.15, 0.2) is 5.76 Å². The SMILES string of the molecule is CC(/C=N/n1c(-c2ccco2)n[nH]c1=S)=C\c1ccco1. The number of hydrogen-bond acceptors (Lipinski definition) is 5. The number of aromatic nitrogens is 3. The number of H-pyrrole nitrogens is 1. The van der Waals surface area contributed by atoms with Crippen molar-refractivity contribution in [2.24, 2.45) is 5.10 Å². The average molecular weight is 300 g/mol. The summed E-state index contributed by atoms with van der Waals surface area (Å²) in [5, 5.41) is 11.1. The molecule has 3 rings (SSSR count). The molecule has 0 unspecified atom stereocenters. The molecule has 0 spiro atoms. The minimum atomic E-state index is 0.392. The van der Waals surface area contributed by atoms with Crippen LogP contribution >= 0.6 is 12.2 Å². The Balaban J connectivity index is 1.90. The van der Waals surface area contributed by atoms with Crippen LogP contribution in [-0.2, 0) is 0 Å². The molecule has 0 radical (unpaired) electrons. The number of aromatic amines is 1. The van der Waals surface area contributed by atoms with Gasteiger partial charge in [0.1, 0.15) is 5.76 Å². The molecular formula is C14H12N4O2S. The third kappa shape index (κ3) is 2.92. The summed E-state index contributed by atoms with van der Waals surface area (Å²) in [6, 6.07) is 7.28. The molecular weight excluding hydrogens is 288 g/mol. The van der Waals surface area contributed by atoms with Gasteiger partial charge in [0.25, 0.3) is 0 Å². The van der Waals surface area contributed by atoms with E-state index < -0.39 is 0 Å². The van der Waals surface area contributed by atoms with E-state index in [1.165, 1.54) is 4.68 Å². The van der Waals surface area contributed by atoms with E-state index in [9.17, 15) is 0 Å². The molecule has 0 aliphatic carbocycles. The van der Waals surface area contributed by atoms with E-state index in [0.717, 1.165) is 11.3 Å². The van der Waals surface area contributed by atoms with Crippen LogP contribution in [-0.4, -0.2) is 21.1 Å². The van der Waals surface area contributed by atoms with Crippen LogP contribution < -0.4 is 0 Å². The highest BCUT2D eigenvalue weighted by Crippen LogP contribution is 2.17. The molecule has 0 saturated carbocycles. The van der Waals surface area contributed by atoms with Gasteiger partial charge in [-0.3, -0.25) is 0 Å². The summed E-state index contributed by atoms with van der Waals surface area (Å²) < 4.78 is 12.5. The Labute approximate surface area is 125 Å². The monoisotopic (exact) mass is 300 g/mol. The van der Waals surface area contributed by atoms with Gasteiger partial charge in [-0.1, -0.05) is 0 Å². The molecule has 0 amide bonds. The molecule has 7 heteroatoms. The van der Waals surface area contributed by atoms with Crippen molar-refractivity contribution in [1.29, 1.82) is 0 Å². The number of rotatable bonds is 4. The minimum absolute atomic E-state index is 0.392. The van der Waals surface area contributed by atoms with Crippen LogP contribution in [0.15, 0.2) is 56.3 Å². The third-order valence-corrected chi connectivity index (χ3v) is 2.95. The van der Waals surface area contributed by atoms with Crippen LogP contribution in [0.5, 0.6) is 0 Å². The quantitative estimate of drug-likeness (QED) is 0.588. The summed E-state index contributed by atoms with van der Waals surface area (Å²) >= 11 is 5.17. The zero-order chi connectivity index (χ0) is 14.7. The molecule has 3 heterocycles. The first-order chi connectivity index (χ1) is 10.2. The first-order valence-corrected chi connectivity index (χ1v) is 6.62. The van der Waals surface area contributed by atoms with Gasteiger partial charge in [-0.15, -0.1) is 5.10 Å². The molecule has 1 N–H and O–H groups in total. The molecule has 0 bridgehead atoms. The Kier molecular flexibility index (Phi) is 3.65. The van der Waals surface area contributed by atoms with E-state index in [1.54, 1.807) is 30.9 Å². The largest absolute Gasteiger partial charge is 0.465 e. The Hall–Kier alpha value is -2.67. The van der Waals surface area contributed by atoms with E-state index in [2.05, 4.69) is 15.3 Å². The molecule has 3 aromatic rings. The summed E-state index contributed by atoms with van der Waals surface area (Å²) in [5.74, 6) is 1.88. The van der Waals surface area contributed by atoms with Crippen LogP contribution in [0.4, 0.5) is 0 Å². The summed E-state index contributed by atoms with van der Waals surface area (Å²) in [7, 11) is 0. The summed E-state index contributed by atoms with van der Waals surface area (Å²) in [6.45, 7) is 1.92. The van der Waals surface area contributed by atoms with E-state index in [4.69, 9.17) is 21.1 Å². The summed E-state index contributed by atoms with van der Waals surface area (Å²) in [5.41, 5.74) is 0.915. The maximum Gasteiger partial charge on any atom is 0.219 e. The predicted molar refractivity (Wildman–Crippen MR) is 81.4 cm³/mol. The first kappa shape index (κ1) is 13.3. The van der Waals surface area contributed by atoms with Gasteiger partial charge in [-0.25, -0.2) is 5.10 Å². The molecule has 0 saturated heterocycles. The van der Waals surface area contributed by atoms with E-state index in [1.807, 2.05) is 25.1 Å². The normalized spacial score (nSPS) is 12.3. The molecule has 0 aromatic carbocycles. The average Bonchev–Trinajstić information content (AvgIpc) is 3.17. The number of allylic oxidation sites excluding steroid dienone is 1. The standard InChI is InChI=1S/C14H12N4O2S/c1-10(8-11-4-2-6-19-11)9-15-18-13(16-17-14(18)21)12-5-3-7-20-12/h2-9H,1H3,(H,17,21)/b10-8+,15-9+. The van der Waals surface area contributed by atoms with Crippen LogP contribution in [0.3, 0.4) is 0 Å².